The van der Waals surface area contributed by atoms with E-state index in [-0.39, 0.29) is 12.6 Å². The van der Waals surface area contributed by atoms with E-state index in [1.807, 2.05) is 31.2 Å². The minimum Gasteiger partial charge on any atom is -0.493 e. The summed E-state index contributed by atoms with van der Waals surface area (Å²) >= 11 is 0. The highest BCUT2D eigenvalue weighted by molar-refractivity contribution is 5.71. The number of carbonyl (C=O) groups excluding carboxylic acids is 1. The molecule has 124 valence electrons. The molecule has 2 rings (SSSR count). The van der Waals surface area contributed by atoms with Crippen molar-refractivity contribution in [2.45, 2.75) is 26.2 Å². The highest BCUT2D eigenvalue weighted by atomic mass is 16.6. The van der Waals surface area contributed by atoms with E-state index < -0.39 is 0 Å². The van der Waals surface area contributed by atoms with Gasteiger partial charge >= 0.3 is 5.97 Å². The zero-order valence-electron chi connectivity index (χ0n) is 13.8. The van der Waals surface area contributed by atoms with E-state index in [9.17, 15) is 4.79 Å². The maximum atomic E-state index is 11.8. The Labute approximate surface area is 137 Å². The third-order valence-corrected chi connectivity index (χ3v) is 3.75. The van der Waals surface area contributed by atoms with Gasteiger partial charge in [0, 0.05) is 0 Å². The van der Waals surface area contributed by atoms with Crippen LogP contribution in [0.2, 0.25) is 0 Å². The normalized spacial score (nSPS) is 17.2. The van der Waals surface area contributed by atoms with Gasteiger partial charge in [-0.3, -0.25) is 0 Å². The predicted molar refractivity (Wildman–Crippen MR) is 90.6 cm³/mol. The van der Waals surface area contributed by atoms with Gasteiger partial charge in [0.1, 0.15) is 0 Å². The van der Waals surface area contributed by atoms with Gasteiger partial charge < -0.3 is 14.2 Å². The molecule has 0 N–H and O–H groups in total. The first-order valence-electron chi connectivity index (χ1n) is 7.97. The zero-order valence-corrected chi connectivity index (χ0v) is 13.8. The van der Waals surface area contributed by atoms with E-state index in [1.165, 1.54) is 0 Å². The van der Waals surface area contributed by atoms with Crippen molar-refractivity contribution in [3.05, 3.63) is 42.0 Å². The second-order valence-corrected chi connectivity index (χ2v) is 5.53. The number of hydrogen-bond donors (Lipinski definition) is 0. The minimum atomic E-state index is -0.348. The molecule has 0 bridgehead atoms. The molecule has 0 fully saturated rings. The highest BCUT2D eigenvalue weighted by Crippen LogP contribution is 2.28. The molecule has 4 heteroatoms. The Morgan fingerprint density at radius 1 is 1.30 bits per heavy atom. The SMILES string of the molecule is C/C=C/c1ccc(OCC(=O)OCC2CC=CCC2)c(OC)c1. The number of allylic oxidation sites excluding steroid dienone is 3. The topological polar surface area (TPSA) is 44.8 Å². The molecule has 0 spiro atoms. The van der Waals surface area contributed by atoms with Gasteiger partial charge in [-0.15, -0.1) is 0 Å². The summed E-state index contributed by atoms with van der Waals surface area (Å²) in [6.07, 6.45) is 11.4. The van der Waals surface area contributed by atoms with Crippen molar-refractivity contribution in [1.29, 1.82) is 0 Å². The van der Waals surface area contributed by atoms with Crippen LogP contribution in [0.4, 0.5) is 0 Å². The van der Waals surface area contributed by atoms with Gasteiger partial charge in [0.15, 0.2) is 18.1 Å². The summed E-state index contributed by atoms with van der Waals surface area (Å²) < 4.78 is 16.1. The smallest absolute Gasteiger partial charge is 0.344 e. The van der Waals surface area contributed by atoms with Crippen molar-refractivity contribution < 1.29 is 19.0 Å². The molecule has 1 aromatic rings. The Morgan fingerprint density at radius 3 is 2.87 bits per heavy atom. The first kappa shape index (κ1) is 17.1. The maximum Gasteiger partial charge on any atom is 0.344 e. The monoisotopic (exact) mass is 316 g/mol. The van der Waals surface area contributed by atoms with Crippen LogP contribution in [-0.2, 0) is 9.53 Å². The molecule has 1 atom stereocenters. The molecule has 1 unspecified atom stereocenters. The molecule has 1 aliphatic rings. The standard InChI is InChI=1S/C19H24O4/c1-3-7-15-10-11-17(18(12-15)21-2)22-14-19(20)23-13-16-8-5-4-6-9-16/h3-5,7,10-12,16H,6,8-9,13-14H2,1-2H3/b7-3+. The summed E-state index contributed by atoms with van der Waals surface area (Å²) in [7, 11) is 1.58. The molecule has 0 amide bonds. The van der Waals surface area contributed by atoms with Gasteiger partial charge in [-0.05, 0) is 49.8 Å². The number of esters is 1. The van der Waals surface area contributed by atoms with Crippen molar-refractivity contribution in [3.63, 3.8) is 0 Å². The first-order valence-corrected chi connectivity index (χ1v) is 7.97. The average Bonchev–Trinajstić information content (AvgIpc) is 2.59. The summed E-state index contributed by atoms with van der Waals surface area (Å²) in [5.41, 5.74) is 1.02. The van der Waals surface area contributed by atoms with Crippen LogP contribution >= 0.6 is 0 Å². The Hall–Kier alpha value is -2.23. The van der Waals surface area contributed by atoms with Crippen LogP contribution in [0.25, 0.3) is 6.08 Å². The second-order valence-electron chi connectivity index (χ2n) is 5.53. The lowest BCUT2D eigenvalue weighted by molar-refractivity contribution is -0.147. The molecule has 0 aliphatic heterocycles. The quantitative estimate of drug-likeness (QED) is 0.563. The zero-order chi connectivity index (χ0) is 16.5. The Bertz CT molecular complexity index is 575. The summed E-state index contributed by atoms with van der Waals surface area (Å²) in [5, 5.41) is 0. The van der Waals surface area contributed by atoms with E-state index in [0.717, 1.165) is 24.8 Å². The number of hydrogen-bond acceptors (Lipinski definition) is 4. The first-order chi connectivity index (χ1) is 11.2. The van der Waals surface area contributed by atoms with Crippen molar-refractivity contribution in [2.75, 3.05) is 20.3 Å². The number of benzene rings is 1. The molecule has 1 aliphatic carbocycles. The molecule has 23 heavy (non-hydrogen) atoms. The number of ether oxygens (including phenoxy) is 3. The number of carbonyl (C=O) groups is 1. The van der Waals surface area contributed by atoms with Crippen LogP contribution in [0, 0.1) is 5.92 Å². The minimum absolute atomic E-state index is 0.109. The van der Waals surface area contributed by atoms with Crippen LogP contribution < -0.4 is 9.47 Å². The van der Waals surface area contributed by atoms with Gasteiger partial charge in [0.25, 0.3) is 0 Å². The lowest BCUT2D eigenvalue weighted by Gasteiger charge is -2.17. The van der Waals surface area contributed by atoms with E-state index >= 15 is 0 Å². The van der Waals surface area contributed by atoms with E-state index in [2.05, 4.69) is 12.2 Å². The fourth-order valence-corrected chi connectivity index (χ4v) is 2.50. The number of rotatable bonds is 7. The van der Waals surface area contributed by atoms with Crippen LogP contribution in [0.3, 0.4) is 0 Å². The maximum absolute atomic E-state index is 11.8. The van der Waals surface area contributed by atoms with E-state index in [0.29, 0.717) is 24.0 Å². The predicted octanol–water partition coefficient (Wildman–Crippen LogP) is 4.01. The lowest BCUT2D eigenvalue weighted by Crippen LogP contribution is -2.20. The van der Waals surface area contributed by atoms with Crippen molar-refractivity contribution in [1.82, 2.24) is 0 Å². The summed E-state index contributed by atoms with van der Waals surface area (Å²) in [4.78, 5) is 11.8. The van der Waals surface area contributed by atoms with Crippen molar-refractivity contribution in [2.24, 2.45) is 5.92 Å². The molecule has 0 aromatic heterocycles. The third kappa shape index (κ3) is 5.47. The Kier molecular flexibility index (Phi) is 6.73. The number of methoxy groups -OCH3 is 1. The fraction of sp³-hybridized carbons (Fsp3) is 0.421. The summed E-state index contributed by atoms with van der Waals surface area (Å²) in [6, 6.07) is 5.58. The van der Waals surface area contributed by atoms with Gasteiger partial charge in [0.05, 0.1) is 13.7 Å². The molecule has 0 radical (unpaired) electrons. The van der Waals surface area contributed by atoms with E-state index in [1.54, 1.807) is 13.2 Å². The molecule has 0 heterocycles. The lowest BCUT2D eigenvalue weighted by atomic mass is 9.95. The van der Waals surface area contributed by atoms with Gasteiger partial charge in [0.2, 0.25) is 0 Å². The Balaban J connectivity index is 1.82. The van der Waals surface area contributed by atoms with Crippen molar-refractivity contribution in [3.8, 4) is 11.5 Å². The molecule has 1 aromatic carbocycles. The molecule has 0 saturated carbocycles. The second kappa shape index (κ2) is 9.03. The molecular formula is C19H24O4. The average molecular weight is 316 g/mol. The summed E-state index contributed by atoms with van der Waals surface area (Å²) in [5.74, 6) is 1.22. The van der Waals surface area contributed by atoms with Gasteiger partial charge in [-0.25, -0.2) is 4.79 Å². The van der Waals surface area contributed by atoms with Crippen LogP contribution in [0.15, 0.2) is 36.4 Å². The summed E-state index contributed by atoms with van der Waals surface area (Å²) in [6.45, 7) is 2.31. The largest absolute Gasteiger partial charge is 0.493 e. The highest BCUT2D eigenvalue weighted by Gasteiger charge is 2.14. The van der Waals surface area contributed by atoms with Gasteiger partial charge in [-0.2, -0.15) is 0 Å². The van der Waals surface area contributed by atoms with E-state index in [4.69, 9.17) is 14.2 Å². The third-order valence-electron chi connectivity index (χ3n) is 3.75. The Morgan fingerprint density at radius 2 is 2.17 bits per heavy atom. The molecule has 4 nitrogen and oxygen atoms in total. The van der Waals surface area contributed by atoms with Gasteiger partial charge in [-0.1, -0.05) is 30.4 Å². The van der Waals surface area contributed by atoms with Crippen molar-refractivity contribution >= 4 is 12.0 Å². The molecule has 0 saturated heterocycles. The van der Waals surface area contributed by atoms with Crippen LogP contribution in [-0.4, -0.2) is 26.3 Å². The molecular weight excluding hydrogens is 292 g/mol. The fourth-order valence-electron chi connectivity index (χ4n) is 2.50. The van der Waals surface area contributed by atoms with Crippen LogP contribution in [0.5, 0.6) is 11.5 Å². The van der Waals surface area contributed by atoms with Crippen LogP contribution in [0.1, 0.15) is 31.7 Å².